The van der Waals surface area contributed by atoms with Gasteiger partial charge in [0.05, 0.1) is 29.8 Å². The SMILES string of the molecule is [2H]c1c([2H])c([2H])c(C(=O)OCCCC)c(C(=O)OCCCC)c1[2H]. The maximum absolute atomic E-state index is 12.2. The minimum atomic E-state index is -0.946. The normalized spacial score (nSPS) is 12.9. The third-order valence-electron chi connectivity index (χ3n) is 2.56. The zero-order valence-electron chi connectivity index (χ0n) is 15.9. The molecular formula is C16H22O4. The third kappa shape index (κ3) is 5.03. The summed E-state index contributed by atoms with van der Waals surface area (Å²) in [6.45, 7) is 4.06. The largest absolute Gasteiger partial charge is 0.462 e. The van der Waals surface area contributed by atoms with Crippen LogP contribution in [0.2, 0.25) is 0 Å². The van der Waals surface area contributed by atoms with Gasteiger partial charge >= 0.3 is 11.9 Å². The van der Waals surface area contributed by atoms with Gasteiger partial charge in [0, 0.05) is 0 Å². The Kier molecular flexibility index (Phi) is 4.97. The molecule has 20 heavy (non-hydrogen) atoms. The van der Waals surface area contributed by atoms with Gasteiger partial charge in [-0.15, -0.1) is 0 Å². The van der Waals surface area contributed by atoms with E-state index in [4.69, 9.17) is 15.0 Å². The van der Waals surface area contributed by atoms with E-state index < -0.39 is 47.2 Å². The molecule has 0 heterocycles. The summed E-state index contributed by atoms with van der Waals surface area (Å²) >= 11 is 0. The highest BCUT2D eigenvalue weighted by molar-refractivity contribution is 6.03. The Hall–Kier alpha value is -1.84. The zero-order chi connectivity index (χ0) is 18.3. The van der Waals surface area contributed by atoms with Crippen LogP contribution in [0, 0.1) is 0 Å². The van der Waals surface area contributed by atoms with Crippen molar-refractivity contribution in [2.45, 2.75) is 39.5 Å². The molecule has 1 aromatic carbocycles. The Morgan fingerprint density at radius 3 is 1.70 bits per heavy atom. The highest BCUT2D eigenvalue weighted by Crippen LogP contribution is 2.12. The summed E-state index contributed by atoms with van der Waals surface area (Å²) < 4.78 is 41.2. The predicted octanol–water partition coefficient (Wildman–Crippen LogP) is 3.60. The number of hydrogen-bond acceptors (Lipinski definition) is 4. The van der Waals surface area contributed by atoms with Crippen molar-refractivity contribution in [3.63, 3.8) is 0 Å². The minimum Gasteiger partial charge on any atom is -0.462 e. The predicted molar refractivity (Wildman–Crippen MR) is 76.8 cm³/mol. The molecule has 1 rings (SSSR count). The molecule has 0 amide bonds. The fraction of sp³-hybridized carbons (Fsp3) is 0.500. The van der Waals surface area contributed by atoms with Gasteiger partial charge in [-0.25, -0.2) is 9.59 Å². The molecule has 0 bridgehead atoms. The second-order valence-corrected chi connectivity index (χ2v) is 4.23. The highest BCUT2D eigenvalue weighted by Gasteiger charge is 2.18. The molecule has 0 fully saturated rings. The Labute approximate surface area is 125 Å². The Bertz CT molecular complexity index is 564. The van der Waals surface area contributed by atoms with E-state index in [-0.39, 0.29) is 13.2 Å². The van der Waals surface area contributed by atoms with E-state index in [1.54, 1.807) is 0 Å². The molecule has 4 nitrogen and oxygen atoms in total. The minimum absolute atomic E-state index is 0.113. The smallest absolute Gasteiger partial charge is 0.339 e. The van der Waals surface area contributed by atoms with Gasteiger partial charge in [0.15, 0.2) is 0 Å². The lowest BCUT2D eigenvalue weighted by Crippen LogP contribution is -2.14. The molecular weight excluding hydrogens is 256 g/mol. The number of carbonyl (C=O) groups excluding carboxylic acids is 2. The summed E-state index contributed by atoms with van der Waals surface area (Å²) in [4.78, 5) is 24.5. The molecule has 110 valence electrons. The molecule has 0 aromatic heterocycles. The van der Waals surface area contributed by atoms with Gasteiger partial charge in [-0.3, -0.25) is 0 Å². The van der Waals surface area contributed by atoms with E-state index in [0.29, 0.717) is 12.8 Å². The molecule has 0 saturated heterocycles. The van der Waals surface area contributed by atoms with Crippen LogP contribution in [-0.2, 0) is 9.47 Å². The molecule has 0 aliphatic carbocycles. The van der Waals surface area contributed by atoms with Crippen LogP contribution in [0.15, 0.2) is 24.2 Å². The molecule has 1 aromatic rings. The van der Waals surface area contributed by atoms with Crippen molar-refractivity contribution in [2.24, 2.45) is 0 Å². The quantitative estimate of drug-likeness (QED) is 0.540. The van der Waals surface area contributed by atoms with Gasteiger partial charge in [-0.2, -0.15) is 0 Å². The highest BCUT2D eigenvalue weighted by atomic mass is 16.5. The van der Waals surface area contributed by atoms with Crippen molar-refractivity contribution in [1.29, 1.82) is 0 Å². The fourth-order valence-electron chi connectivity index (χ4n) is 1.38. The molecule has 0 radical (unpaired) electrons. The lowest BCUT2D eigenvalue weighted by atomic mass is 10.1. The number of unbranched alkanes of at least 4 members (excludes halogenated alkanes) is 2. The van der Waals surface area contributed by atoms with Crippen molar-refractivity contribution in [3.8, 4) is 0 Å². The van der Waals surface area contributed by atoms with Gasteiger partial charge < -0.3 is 9.47 Å². The first-order valence-corrected chi connectivity index (χ1v) is 6.81. The maximum Gasteiger partial charge on any atom is 0.339 e. The van der Waals surface area contributed by atoms with Crippen LogP contribution in [0.3, 0.4) is 0 Å². The van der Waals surface area contributed by atoms with Crippen molar-refractivity contribution in [3.05, 3.63) is 35.3 Å². The Morgan fingerprint density at radius 1 is 0.950 bits per heavy atom. The Morgan fingerprint density at radius 2 is 1.35 bits per heavy atom. The van der Waals surface area contributed by atoms with Gasteiger partial charge in [0.2, 0.25) is 0 Å². The summed E-state index contributed by atoms with van der Waals surface area (Å²) in [5, 5.41) is 0. The number of ether oxygens (including phenoxy) is 2. The van der Waals surface area contributed by atoms with Crippen molar-refractivity contribution >= 4 is 11.9 Å². The van der Waals surface area contributed by atoms with Crippen LogP contribution in [0.25, 0.3) is 0 Å². The van der Waals surface area contributed by atoms with Crippen LogP contribution in [0.5, 0.6) is 0 Å². The molecule has 4 heteroatoms. The van der Waals surface area contributed by atoms with Crippen LogP contribution in [0.4, 0.5) is 0 Å². The average Bonchev–Trinajstić information content (AvgIpc) is 2.56. The van der Waals surface area contributed by atoms with Gasteiger partial charge in [-0.05, 0) is 24.9 Å². The molecule has 0 saturated carbocycles. The topological polar surface area (TPSA) is 52.6 Å². The lowest BCUT2D eigenvalue weighted by molar-refractivity contribution is 0.0452. The molecule has 0 aliphatic rings. The lowest BCUT2D eigenvalue weighted by Gasteiger charge is -2.09. The molecule has 0 atom stereocenters. The number of carbonyl (C=O) groups is 2. The summed E-state index contributed by atoms with van der Waals surface area (Å²) in [6, 6.07) is -2.38. The van der Waals surface area contributed by atoms with Crippen molar-refractivity contribution in [2.75, 3.05) is 13.2 Å². The monoisotopic (exact) mass is 282 g/mol. The summed E-state index contributed by atoms with van der Waals surface area (Å²) in [6.07, 6.45) is 2.83. The number of rotatable bonds is 8. The second kappa shape index (κ2) is 9.13. The Balaban J connectivity index is 3.28. The molecule has 0 spiro atoms. The van der Waals surface area contributed by atoms with Crippen LogP contribution in [0.1, 0.15) is 65.7 Å². The van der Waals surface area contributed by atoms with E-state index >= 15 is 0 Å². The van der Waals surface area contributed by atoms with E-state index in [1.807, 2.05) is 13.8 Å². The van der Waals surface area contributed by atoms with E-state index in [0.717, 1.165) is 12.8 Å². The summed E-state index contributed by atoms with van der Waals surface area (Å²) in [5.41, 5.74) is -0.947. The van der Waals surface area contributed by atoms with Crippen LogP contribution >= 0.6 is 0 Å². The van der Waals surface area contributed by atoms with E-state index in [1.165, 1.54) is 0 Å². The van der Waals surface area contributed by atoms with Crippen molar-refractivity contribution in [1.82, 2.24) is 0 Å². The number of esters is 2. The first kappa shape index (κ1) is 10.9. The zero-order valence-corrected chi connectivity index (χ0v) is 11.9. The third-order valence-corrected chi connectivity index (χ3v) is 2.56. The van der Waals surface area contributed by atoms with Crippen molar-refractivity contribution < 1.29 is 24.5 Å². The van der Waals surface area contributed by atoms with E-state index in [2.05, 4.69) is 0 Å². The average molecular weight is 282 g/mol. The molecule has 0 aliphatic heterocycles. The molecule has 0 N–H and O–H groups in total. The number of hydrogen-bond donors (Lipinski definition) is 0. The standard InChI is InChI=1S/C16H22O4/c1-3-5-11-19-15(17)13-9-7-8-10-14(13)16(18)20-12-6-4-2/h7-10H,3-6,11-12H2,1-2H3/i7D,8D,9D,10D. The first-order chi connectivity index (χ1) is 11.4. The second-order valence-electron chi connectivity index (χ2n) is 4.23. The summed E-state index contributed by atoms with van der Waals surface area (Å²) in [5.74, 6) is -1.89. The first-order valence-electron chi connectivity index (χ1n) is 8.81. The van der Waals surface area contributed by atoms with Crippen LogP contribution < -0.4 is 0 Å². The summed E-state index contributed by atoms with van der Waals surface area (Å²) in [7, 11) is 0. The fourth-order valence-corrected chi connectivity index (χ4v) is 1.38. The van der Waals surface area contributed by atoms with Gasteiger partial charge in [0.1, 0.15) is 0 Å². The number of benzene rings is 1. The van der Waals surface area contributed by atoms with E-state index in [9.17, 15) is 9.59 Å². The van der Waals surface area contributed by atoms with Gasteiger partial charge in [-0.1, -0.05) is 38.8 Å². The molecule has 0 unspecified atom stereocenters. The maximum atomic E-state index is 12.2. The van der Waals surface area contributed by atoms with Gasteiger partial charge in [0.25, 0.3) is 0 Å². The van der Waals surface area contributed by atoms with Crippen LogP contribution in [-0.4, -0.2) is 25.2 Å².